The van der Waals surface area contributed by atoms with Gasteiger partial charge in [0.15, 0.2) is 0 Å². The van der Waals surface area contributed by atoms with Gasteiger partial charge in [0, 0.05) is 10.8 Å². The number of ether oxygens (including phenoxy) is 1. The number of hydrogen-bond acceptors (Lipinski definition) is 3. The molecule has 27 heavy (non-hydrogen) atoms. The molecule has 0 aliphatic rings. The van der Waals surface area contributed by atoms with E-state index in [1.807, 2.05) is 66.7 Å². The first-order valence-electron chi connectivity index (χ1n) is 8.85. The maximum atomic E-state index is 12.5. The quantitative estimate of drug-likeness (QED) is 0.310. The largest absolute Gasteiger partial charge is 0.482 e. The minimum absolute atomic E-state index is 0.229. The van der Waals surface area contributed by atoms with Gasteiger partial charge in [-0.05, 0) is 27.8 Å². The van der Waals surface area contributed by atoms with Crippen molar-refractivity contribution in [3.63, 3.8) is 0 Å². The third-order valence-corrected chi connectivity index (χ3v) is 4.83. The SMILES string of the molecule is O=c1oc2c3ccccc3c3ccccc3c2cc1OCc1ccccc1. The molecule has 0 amide bonds. The highest BCUT2D eigenvalue weighted by molar-refractivity contribution is 6.23. The fourth-order valence-electron chi connectivity index (χ4n) is 3.56. The summed E-state index contributed by atoms with van der Waals surface area (Å²) in [6, 6.07) is 27.7. The van der Waals surface area contributed by atoms with E-state index < -0.39 is 5.63 Å². The lowest BCUT2D eigenvalue weighted by Crippen LogP contribution is -2.07. The molecule has 0 fully saturated rings. The van der Waals surface area contributed by atoms with Crippen LogP contribution in [-0.2, 0) is 6.61 Å². The molecular formula is C24H16O3. The average molecular weight is 352 g/mol. The normalized spacial score (nSPS) is 11.3. The minimum Gasteiger partial charge on any atom is -0.482 e. The molecule has 4 aromatic carbocycles. The van der Waals surface area contributed by atoms with Gasteiger partial charge in [-0.1, -0.05) is 78.9 Å². The van der Waals surface area contributed by atoms with Crippen LogP contribution in [0.2, 0.25) is 0 Å². The van der Waals surface area contributed by atoms with Gasteiger partial charge in [0.05, 0.1) is 0 Å². The molecule has 0 spiro atoms. The first-order chi connectivity index (χ1) is 13.3. The lowest BCUT2D eigenvalue weighted by Gasteiger charge is -2.11. The van der Waals surface area contributed by atoms with Gasteiger partial charge in [0.1, 0.15) is 12.2 Å². The third-order valence-electron chi connectivity index (χ3n) is 4.83. The molecule has 3 heteroatoms. The van der Waals surface area contributed by atoms with Crippen molar-refractivity contribution in [2.45, 2.75) is 6.61 Å². The topological polar surface area (TPSA) is 39.4 Å². The standard InChI is InChI=1S/C24H16O3/c25-24-22(26-15-16-8-2-1-3-9-16)14-21-19-12-5-4-10-17(19)18-11-6-7-13-20(18)23(21)27-24/h1-14H,15H2. The highest BCUT2D eigenvalue weighted by Crippen LogP contribution is 2.35. The van der Waals surface area contributed by atoms with E-state index in [-0.39, 0.29) is 5.75 Å². The van der Waals surface area contributed by atoms with Crippen LogP contribution in [0.4, 0.5) is 0 Å². The maximum absolute atomic E-state index is 12.5. The zero-order valence-electron chi connectivity index (χ0n) is 14.5. The predicted molar refractivity (Wildman–Crippen MR) is 108 cm³/mol. The van der Waals surface area contributed by atoms with Crippen LogP contribution >= 0.6 is 0 Å². The summed E-state index contributed by atoms with van der Waals surface area (Å²) >= 11 is 0. The molecule has 5 aromatic rings. The van der Waals surface area contributed by atoms with E-state index in [0.717, 1.165) is 32.5 Å². The van der Waals surface area contributed by atoms with Gasteiger partial charge >= 0.3 is 5.63 Å². The number of hydrogen-bond donors (Lipinski definition) is 0. The van der Waals surface area contributed by atoms with Crippen LogP contribution in [0.25, 0.3) is 32.5 Å². The summed E-state index contributed by atoms with van der Waals surface area (Å²) in [5.41, 5.74) is 1.14. The van der Waals surface area contributed by atoms with Gasteiger partial charge in [0.25, 0.3) is 0 Å². The minimum atomic E-state index is -0.459. The Bertz CT molecular complexity index is 1330. The van der Waals surface area contributed by atoms with Crippen molar-refractivity contribution in [3.8, 4) is 5.75 Å². The van der Waals surface area contributed by atoms with Crippen LogP contribution in [0.3, 0.4) is 0 Å². The molecule has 0 saturated heterocycles. The molecule has 0 atom stereocenters. The first-order valence-corrected chi connectivity index (χ1v) is 8.85. The van der Waals surface area contributed by atoms with Crippen LogP contribution < -0.4 is 10.4 Å². The van der Waals surface area contributed by atoms with E-state index in [4.69, 9.17) is 9.15 Å². The molecule has 130 valence electrons. The molecule has 0 aliphatic carbocycles. The molecule has 0 saturated carbocycles. The Kier molecular flexibility index (Phi) is 3.65. The van der Waals surface area contributed by atoms with Crippen LogP contribution in [0, 0.1) is 0 Å². The van der Waals surface area contributed by atoms with Gasteiger partial charge in [-0.15, -0.1) is 0 Å². The lowest BCUT2D eigenvalue weighted by atomic mass is 9.98. The summed E-state index contributed by atoms with van der Waals surface area (Å²) in [4.78, 5) is 12.5. The van der Waals surface area contributed by atoms with E-state index in [9.17, 15) is 4.79 Å². The van der Waals surface area contributed by atoms with Gasteiger partial charge in [-0.2, -0.15) is 0 Å². The molecule has 0 unspecified atom stereocenters. The van der Waals surface area contributed by atoms with Crippen LogP contribution in [0.5, 0.6) is 5.75 Å². The van der Waals surface area contributed by atoms with Crippen LogP contribution in [0.15, 0.2) is 94.1 Å². The molecule has 5 rings (SSSR count). The van der Waals surface area contributed by atoms with Crippen molar-refractivity contribution in [2.75, 3.05) is 0 Å². The number of rotatable bonds is 3. The maximum Gasteiger partial charge on any atom is 0.379 e. The van der Waals surface area contributed by atoms with Crippen LogP contribution in [0.1, 0.15) is 5.56 Å². The Hall–Kier alpha value is -3.59. The van der Waals surface area contributed by atoms with E-state index in [1.165, 1.54) is 0 Å². The van der Waals surface area contributed by atoms with Gasteiger partial charge in [0.2, 0.25) is 5.75 Å². The summed E-state index contributed by atoms with van der Waals surface area (Å²) in [7, 11) is 0. The van der Waals surface area contributed by atoms with E-state index in [0.29, 0.717) is 12.2 Å². The highest BCUT2D eigenvalue weighted by Gasteiger charge is 2.14. The number of benzene rings is 4. The molecule has 0 aliphatic heterocycles. The van der Waals surface area contributed by atoms with Gasteiger partial charge in [-0.3, -0.25) is 0 Å². The predicted octanol–water partition coefficient (Wildman–Crippen LogP) is 5.68. The summed E-state index contributed by atoms with van der Waals surface area (Å²) in [6.45, 7) is 0.322. The second-order valence-electron chi connectivity index (χ2n) is 6.51. The fourth-order valence-corrected chi connectivity index (χ4v) is 3.56. The first kappa shape index (κ1) is 15.6. The molecule has 0 radical (unpaired) electrons. The Labute approximate surface area is 155 Å². The zero-order valence-corrected chi connectivity index (χ0v) is 14.5. The second-order valence-corrected chi connectivity index (χ2v) is 6.51. The second kappa shape index (κ2) is 6.29. The van der Waals surface area contributed by atoms with Crippen molar-refractivity contribution in [3.05, 3.63) is 101 Å². The molecule has 1 aromatic heterocycles. The average Bonchev–Trinajstić information content (AvgIpc) is 2.73. The molecular weight excluding hydrogens is 336 g/mol. The lowest BCUT2D eigenvalue weighted by molar-refractivity contribution is 0.291. The Morgan fingerprint density at radius 1 is 0.667 bits per heavy atom. The summed E-state index contributed by atoms with van der Waals surface area (Å²) in [5, 5.41) is 5.05. The fraction of sp³-hybridized carbons (Fsp3) is 0.0417. The molecule has 0 N–H and O–H groups in total. The Morgan fingerprint density at radius 2 is 1.22 bits per heavy atom. The Balaban J connectivity index is 1.74. The van der Waals surface area contributed by atoms with E-state index in [2.05, 4.69) is 12.1 Å². The van der Waals surface area contributed by atoms with Gasteiger partial charge in [-0.25, -0.2) is 4.79 Å². The van der Waals surface area contributed by atoms with Crippen molar-refractivity contribution < 1.29 is 9.15 Å². The van der Waals surface area contributed by atoms with Crippen molar-refractivity contribution in [1.29, 1.82) is 0 Å². The van der Waals surface area contributed by atoms with Crippen molar-refractivity contribution >= 4 is 32.5 Å². The molecule has 1 heterocycles. The van der Waals surface area contributed by atoms with Gasteiger partial charge < -0.3 is 9.15 Å². The smallest absolute Gasteiger partial charge is 0.379 e. The zero-order chi connectivity index (χ0) is 18.2. The summed E-state index contributed by atoms with van der Waals surface area (Å²) in [5.74, 6) is 0.229. The molecule has 0 bridgehead atoms. The van der Waals surface area contributed by atoms with Crippen molar-refractivity contribution in [2.24, 2.45) is 0 Å². The summed E-state index contributed by atoms with van der Waals surface area (Å²) < 4.78 is 11.5. The van der Waals surface area contributed by atoms with E-state index in [1.54, 1.807) is 6.07 Å². The summed E-state index contributed by atoms with van der Waals surface area (Å²) in [6.07, 6.45) is 0. The van der Waals surface area contributed by atoms with Crippen molar-refractivity contribution in [1.82, 2.24) is 0 Å². The highest BCUT2D eigenvalue weighted by atomic mass is 16.5. The van der Waals surface area contributed by atoms with E-state index >= 15 is 0 Å². The third kappa shape index (κ3) is 2.64. The monoisotopic (exact) mass is 352 g/mol. The Morgan fingerprint density at radius 3 is 1.93 bits per heavy atom. The molecule has 3 nitrogen and oxygen atoms in total. The number of fused-ring (bicyclic) bond motifs is 6. The van der Waals surface area contributed by atoms with Crippen LogP contribution in [-0.4, -0.2) is 0 Å².